The summed E-state index contributed by atoms with van der Waals surface area (Å²) in [5.74, 6) is 3.18. The van der Waals surface area contributed by atoms with Crippen molar-refractivity contribution in [2.24, 2.45) is 0 Å². The molecule has 6 heteroatoms. The molecule has 178 valence electrons. The number of halogens is 1. The Morgan fingerprint density at radius 2 is 1.56 bits per heavy atom. The normalized spacial score (nSPS) is 13.9. The van der Waals surface area contributed by atoms with Crippen LogP contribution in [0.25, 0.3) is 21.2 Å². The number of piperidine rings is 1. The van der Waals surface area contributed by atoms with Gasteiger partial charge >= 0.3 is 0 Å². The van der Waals surface area contributed by atoms with E-state index in [0.717, 1.165) is 35.1 Å². The van der Waals surface area contributed by atoms with E-state index >= 15 is 0 Å². The van der Waals surface area contributed by atoms with Gasteiger partial charge in [-0.1, -0.05) is 24.6 Å². The van der Waals surface area contributed by atoms with Gasteiger partial charge in [0.2, 0.25) is 0 Å². The Labute approximate surface area is 211 Å². The molecular weight excluding hydrogens is 466 g/mol. The van der Waals surface area contributed by atoms with E-state index in [2.05, 4.69) is 40.6 Å². The van der Waals surface area contributed by atoms with Gasteiger partial charge in [-0.25, -0.2) is 0 Å². The van der Waals surface area contributed by atoms with Crippen LogP contribution < -0.4 is 14.2 Å². The molecule has 0 spiro atoms. The molecule has 0 atom stereocenters. The van der Waals surface area contributed by atoms with Crippen LogP contribution in [-0.4, -0.2) is 38.3 Å². The fourth-order valence-corrected chi connectivity index (χ4v) is 5.29. The Hall–Kier alpha value is -2.73. The summed E-state index contributed by atoms with van der Waals surface area (Å²) in [6.07, 6.45) is 3.97. The second kappa shape index (κ2) is 11.6. The summed E-state index contributed by atoms with van der Waals surface area (Å²) in [5.41, 5.74) is 2.22. The lowest BCUT2D eigenvalue weighted by molar-refractivity contribution is 0.183. The van der Waals surface area contributed by atoms with Gasteiger partial charge in [0.15, 0.2) is 0 Å². The highest BCUT2D eigenvalue weighted by molar-refractivity contribution is 7.17. The number of nitrogens with zero attached hydrogens (tertiary/aromatic N) is 1. The van der Waals surface area contributed by atoms with Crippen molar-refractivity contribution >= 4 is 33.8 Å². The van der Waals surface area contributed by atoms with Gasteiger partial charge in [0, 0.05) is 33.8 Å². The third-order valence-electron chi connectivity index (χ3n) is 6.14. The van der Waals surface area contributed by atoms with Gasteiger partial charge in [0.05, 0.1) is 7.11 Å². The molecule has 4 nitrogen and oxygen atoms in total. The van der Waals surface area contributed by atoms with Crippen molar-refractivity contribution in [1.29, 1.82) is 0 Å². The van der Waals surface area contributed by atoms with Crippen LogP contribution in [0.4, 0.5) is 0 Å². The quantitative estimate of drug-likeness (QED) is 0.251. The topological polar surface area (TPSA) is 30.9 Å². The van der Waals surface area contributed by atoms with E-state index in [1.807, 2.05) is 36.4 Å². The zero-order valence-electron chi connectivity index (χ0n) is 19.4. The minimum absolute atomic E-state index is 0. The highest BCUT2D eigenvalue weighted by Gasteiger charge is 2.14. The first-order valence-electron chi connectivity index (χ1n) is 11.6. The first-order valence-corrected chi connectivity index (χ1v) is 12.5. The van der Waals surface area contributed by atoms with Crippen molar-refractivity contribution in [3.8, 4) is 34.1 Å². The molecule has 0 N–H and O–H groups in total. The average Bonchev–Trinajstić information content (AvgIpc) is 3.30. The Balaban J connectivity index is 0.00000274. The summed E-state index contributed by atoms with van der Waals surface area (Å²) in [4.78, 5) is 2.49. The summed E-state index contributed by atoms with van der Waals surface area (Å²) in [6, 6.07) is 22.3. The number of ether oxygens (including phenoxy) is 3. The Morgan fingerprint density at radius 1 is 0.824 bits per heavy atom. The molecule has 1 aliphatic rings. The minimum Gasteiger partial charge on any atom is -0.497 e. The van der Waals surface area contributed by atoms with Crippen LogP contribution in [0.5, 0.6) is 23.0 Å². The molecule has 0 radical (unpaired) electrons. The molecule has 1 saturated heterocycles. The van der Waals surface area contributed by atoms with E-state index in [-0.39, 0.29) is 12.4 Å². The van der Waals surface area contributed by atoms with Crippen LogP contribution in [0.2, 0.25) is 0 Å². The van der Waals surface area contributed by atoms with E-state index in [1.165, 1.54) is 48.0 Å². The van der Waals surface area contributed by atoms with Gasteiger partial charge in [-0.2, -0.15) is 0 Å². The molecule has 0 unspecified atom stereocenters. The van der Waals surface area contributed by atoms with Crippen molar-refractivity contribution in [2.75, 3.05) is 33.4 Å². The third kappa shape index (κ3) is 5.66. The smallest absolute Gasteiger partial charge is 0.138 e. The molecule has 5 rings (SSSR count). The number of thiophene rings is 1. The Bertz CT molecular complexity index is 1200. The number of methoxy groups -OCH3 is 1. The molecule has 1 fully saturated rings. The molecule has 4 aromatic rings. The summed E-state index contributed by atoms with van der Waals surface area (Å²) < 4.78 is 19.0. The van der Waals surface area contributed by atoms with E-state index in [1.54, 1.807) is 18.4 Å². The molecule has 0 amide bonds. The van der Waals surface area contributed by atoms with Crippen molar-refractivity contribution in [3.63, 3.8) is 0 Å². The second-order valence-corrected chi connectivity index (χ2v) is 9.24. The molecular formula is C28H30ClNO3S. The standard InChI is InChI=1S/C28H29NO3S.ClH/c1-30-23-13-14-24(26-20-33-28-8-4-3-7-25(26)28)27(19-23)32-22-11-9-21(10-12-22)31-18-17-29-15-5-2-6-16-29;/h3-4,7-14,19-20H,2,5-6,15-18H2,1H3;1H. The number of hydrogen-bond acceptors (Lipinski definition) is 5. The van der Waals surface area contributed by atoms with Gasteiger partial charge in [0.25, 0.3) is 0 Å². The van der Waals surface area contributed by atoms with Gasteiger partial charge in [0.1, 0.15) is 29.6 Å². The predicted molar refractivity (Wildman–Crippen MR) is 143 cm³/mol. The summed E-state index contributed by atoms with van der Waals surface area (Å²) in [7, 11) is 1.68. The summed E-state index contributed by atoms with van der Waals surface area (Å²) in [6.45, 7) is 4.09. The predicted octanol–water partition coefficient (Wildman–Crippen LogP) is 7.66. The zero-order chi connectivity index (χ0) is 22.5. The van der Waals surface area contributed by atoms with Gasteiger partial charge in [-0.15, -0.1) is 23.7 Å². The minimum atomic E-state index is 0. The number of benzene rings is 3. The SMILES string of the molecule is COc1ccc(-c2csc3ccccc23)c(Oc2ccc(OCCN3CCCCC3)cc2)c1.Cl. The Morgan fingerprint density at radius 3 is 2.35 bits per heavy atom. The number of rotatable bonds is 8. The number of likely N-dealkylation sites (tertiary alicyclic amines) is 1. The van der Waals surface area contributed by atoms with Crippen LogP contribution in [0, 0.1) is 0 Å². The van der Waals surface area contributed by atoms with Gasteiger partial charge in [-0.05, 0) is 73.8 Å². The maximum absolute atomic E-state index is 6.34. The van der Waals surface area contributed by atoms with E-state index in [4.69, 9.17) is 14.2 Å². The number of fused-ring (bicyclic) bond motifs is 1. The van der Waals surface area contributed by atoms with Crippen molar-refractivity contribution in [1.82, 2.24) is 4.90 Å². The lowest BCUT2D eigenvalue weighted by Gasteiger charge is -2.26. The van der Waals surface area contributed by atoms with Crippen LogP contribution in [0.15, 0.2) is 72.1 Å². The lowest BCUT2D eigenvalue weighted by Crippen LogP contribution is -2.33. The molecule has 3 aromatic carbocycles. The number of hydrogen-bond donors (Lipinski definition) is 0. The Kier molecular flexibility index (Phi) is 8.33. The van der Waals surface area contributed by atoms with Crippen molar-refractivity contribution in [2.45, 2.75) is 19.3 Å². The zero-order valence-corrected chi connectivity index (χ0v) is 21.0. The van der Waals surface area contributed by atoms with E-state index in [9.17, 15) is 0 Å². The molecule has 2 heterocycles. The molecule has 1 aliphatic heterocycles. The van der Waals surface area contributed by atoms with Crippen molar-refractivity contribution in [3.05, 3.63) is 72.1 Å². The fourth-order valence-electron chi connectivity index (χ4n) is 4.33. The summed E-state index contributed by atoms with van der Waals surface area (Å²) >= 11 is 1.75. The average molecular weight is 496 g/mol. The first-order chi connectivity index (χ1) is 16.3. The highest BCUT2D eigenvalue weighted by Crippen LogP contribution is 2.41. The monoisotopic (exact) mass is 495 g/mol. The second-order valence-electron chi connectivity index (χ2n) is 8.33. The molecule has 34 heavy (non-hydrogen) atoms. The maximum atomic E-state index is 6.34. The van der Waals surface area contributed by atoms with Gasteiger partial charge in [-0.3, -0.25) is 4.90 Å². The molecule has 0 bridgehead atoms. The van der Waals surface area contributed by atoms with Crippen molar-refractivity contribution < 1.29 is 14.2 Å². The van der Waals surface area contributed by atoms with Crippen LogP contribution in [0.1, 0.15) is 19.3 Å². The molecule has 0 saturated carbocycles. The van der Waals surface area contributed by atoms with Crippen LogP contribution in [0.3, 0.4) is 0 Å². The summed E-state index contributed by atoms with van der Waals surface area (Å²) in [5, 5.41) is 3.42. The first kappa shape index (κ1) is 24.4. The van der Waals surface area contributed by atoms with Crippen LogP contribution in [-0.2, 0) is 0 Å². The third-order valence-corrected chi connectivity index (χ3v) is 7.10. The highest BCUT2D eigenvalue weighted by atomic mass is 35.5. The van der Waals surface area contributed by atoms with E-state index < -0.39 is 0 Å². The maximum Gasteiger partial charge on any atom is 0.138 e. The van der Waals surface area contributed by atoms with E-state index in [0.29, 0.717) is 6.61 Å². The van der Waals surface area contributed by atoms with Crippen LogP contribution >= 0.6 is 23.7 Å². The lowest BCUT2D eigenvalue weighted by atomic mass is 10.0. The fraction of sp³-hybridized carbons (Fsp3) is 0.286. The largest absolute Gasteiger partial charge is 0.497 e. The van der Waals surface area contributed by atoms with Gasteiger partial charge < -0.3 is 14.2 Å². The molecule has 0 aliphatic carbocycles. The molecule has 1 aromatic heterocycles.